The van der Waals surface area contributed by atoms with Gasteiger partial charge in [-0.25, -0.2) is 28.7 Å². The molecule has 12 rings (SSSR count). The van der Waals surface area contributed by atoms with E-state index in [2.05, 4.69) is 86.0 Å². The SMILES string of the molecule is C1CCC1.CCc1c(CC2CC[C@H](C)c3ccc(N)c(C#N)c32)nc(CC[C@@]23CCCN2CC(F)C3)nc1N(C)C1CCC1C.CCc1c(CC2CC[C@H](CC)c3ccc(N)c(C#N)c32)nc(CC[C@@]23CCCN2CC(F)C3)nc1NC. The average Bonchev–Trinajstić information content (AvgIpc) is 4.36. The maximum absolute atomic E-state index is 14.5. The van der Waals surface area contributed by atoms with Crippen LogP contribution in [0, 0.1) is 28.6 Å². The highest BCUT2D eigenvalue weighted by Crippen LogP contribution is 2.49. The minimum Gasteiger partial charge on any atom is -0.398 e. The number of nitriles is 2. The molecule has 6 heterocycles. The van der Waals surface area contributed by atoms with Gasteiger partial charge in [0.05, 0.1) is 16.8 Å². The lowest BCUT2D eigenvalue weighted by molar-refractivity contribution is 0.181. The largest absolute Gasteiger partial charge is 0.398 e. The van der Waals surface area contributed by atoms with Gasteiger partial charge in [0.25, 0.3) is 0 Å². The number of benzene rings is 2. The molecule has 6 unspecified atom stereocenters. The van der Waals surface area contributed by atoms with Crippen LogP contribution >= 0.6 is 0 Å². The lowest BCUT2D eigenvalue weighted by Crippen LogP contribution is -2.45. The quantitative estimate of drug-likeness (QED) is 0.0908. The molecule has 0 radical (unpaired) electrons. The predicted octanol–water partition coefficient (Wildman–Crippen LogP) is 13.7. The van der Waals surface area contributed by atoms with E-state index >= 15 is 0 Å². The third-order valence-electron chi connectivity index (χ3n) is 21.6. The standard InChI is InChI=1S/C34H47FN6.C30H41FN6.C4H8/c1-5-25-29(17-23-9-7-21(2)26-10-11-28(37)27(19-36)32(23)26)38-31(39-33(25)40(4)30-12-8-22(30)3)13-15-34-14-6-16-41(34)20-24(35)18-34;1-4-19-7-8-20(28-23(19)9-10-25(33)24(28)17-32)15-26-22(5-2)29(34-3)36-27(35-26)11-13-30-12-6-14-37(30)18-21(31)16-30;1-2-4-3-1/h10-11,21-24,30H,5-9,12-18,20,37H2,1-4H3;9-10,19-21H,4-8,11-16,18,33H2,1-3H3,(H,34,35,36);1-4H2/t21-,22?,23?,24?,30?,34+;19-,20?,21?,30+;/m00./s1. The molecule has 4 aliphatic carbocycles. The van der Waals surface area contributed by atoms with Crippen LogP contribution in [0.4, 0.5) is 31.8 Å². The fourth-order valence-electron chi connectivity index (χ4n) is 16.5. The molecule has 14 heteroatoms. The highest BCUT2D eigenvalue weighted by Gasteiger charge is 2.49. The van der Waals surface area contributed by atoms with Crippen molar-refractivity contribution in [2.45, 2.75) is 248 Å². The van der Waals surface area contributed by atoms with E-state index < -0.39 is 12.3 Å². The average molecular weight is 1120 g/mol. The molecule has 12 nitrogen and oxygen atoms in total. The molecule has 5 N–H and O–H groups in total. The Morgan fingerprint density at radius 3 is 1.66 bits per heavy atom. The van der Waals surface area contributed by atoms with E-state index in [4.69, 9.17) is 31.4 Å². The highest BCUT2D eigenvalue weighted by molar-refractivity contribution is 5.64. The normalized spacial score (nSPS) is 28.8. The number of anilines is 4. The van der Waals surface area contributed by atoms with Gasteiger partial charge in [0.2, 0.25) is 0 Å². The lowest BCUT2D eigenvalue weighted by Gasteiger charge is -2.42. The Balaban J connectivity index is 0.000000172. The van der Waals surface area contributed by atoms with Crippen molar-refractivity contribution in [3.05, 3.63) is 91.8 Å². The van der Waals surface area contributed by atoms with Crippen LogP contribution in [0.1, 0.15) is 248 Å². The fourth-order valence-corrected chi connectivity index (χ4v) is 16.5. The Bertz CT molecular complexity index is 2980. The highest BCUT2D eigenvalue weighted by atomic mass is 19.1. The van der Waals surface area contributed by atoms with Crippen LogP contribution in [0.2, 0.25) is 0 Å². The summed E-state index contributed by atoms with van der Waals surface area (Å²) in [6.07, 6.45) is 24.7. The molecule has 2 aromatic carbocycles. The molecular formula is C68H96F2N12. The summed E-state index contributed by atoms with van der Waals surface area (Å²) in [6, 6.07) is 13.4. The molecule has 2 saturated carbocycles. The van der Waals surface area contributed by atoms with Gasteiger partial charge >= 0.3 is 0 Å². The van der Waals surface area contributed by atoms with E-state index in [-0.39, 0.29) is 22.9 Å². The first-order valence-electron chi connectivity index (χ1n) is 32.3. The van der Waals surface area contributed by atoms with Crippen molar-refractivity contribution in [1.29, 1.82) is 10.5 Å². The number of nitrogens with one attached hydrogen (secondary N) is 1. The van der Waals surface area contributed by atoms with E-state index in [0.717, 1.165) is 174 Å². The molecule has 2 aromatic heterocycles. The molecule has 6 fully saturated rings. The number of alkyl halides is 2. The van der Waals surface area contributed by atoms with E-state index in [1.807, 2.05) is 19.2 Å². The minimum absolute atomic E-state index is 0.0249. The third kappa shape index (κ3) is 12.0. The number of rotatable bonds is 16. The Morgan fingerprint density at radius 1 is 0.659 bits per heavy atom. The van der Waals surface area contributed by atoms with Crippen molar-refractivity contribution in [3.63, 3.8) is 0 Å². The van der Waals surface area contributed by atoms with Crippen LogP contribution in [0.5, 0.6) is 0 Å². The summed E-state index contributed by atoms with van der Waals surface area (Å²) in [5.41, 5.74) is 24.4. The molecule has 8 aliphatic rings. The van der Waals surface area contributed by atoms with Crippen LogP contribution in [0.3, 0.4) is 0 Å². The number of hydrogen-bond acceptors (Lipinski definition) is 12. The van der Waals surface area contributed by atoms with Gasteiger partial charge in [-0.1, -0.05) is 72.4 Å². The number of hydrogen-bond donors (Lipinski definition) is 3. The summed E-state index contributed by atoms with van der Waals surface area (Å²) < 4.78 is 28.8. The number of nitrogen functional groups attached to an aromatic ring is 2. The monoisotopic (exact) mass is 1120 g/mol. The maximum atomic E-state index is 14.5. The van der Waals surface area contributed by atoms with Crippen LogP contribution in [0.25, 0.3) is 0 Å². The minimum atomic E-state index is -0.716. The van der Waals surface area contributed by atoms with E-state index in [1.54, 1.807) is 0 Å². The first-order chi connectivity index (χ1) is 39.7. The zero-order chi connectivity index (χ0) is 57.9. The number of fused-ring (bicyclic) bond motifs is 4. The van der Waals surface area contributed by atoms with Gasteiger partial charge in [0.1, 0.15) is 47.8 Å². The molecule has 4 aromatic rings. The number of aryl methyl sites for hydroxylation is 2. The first-order valence-corrected chi connectivity index (χ1v) is 32.3. The predicted molar refractivity (Wildman–Crippen MR) is 328 cm³/mol. The Kier molecular flexibility index (Phi) is 18.8. The zero-order valence-electron chi connectivity index (χ0n) is 50.9. The number of aromatic nitrogens is 4. The lowest BCUT2D eigenvalue weighted by atomic mass is 9.72. The third-order valence-corrected chi connectivity index (χ3v) is 21.6. The second-order valence-corrected chi connectivity index (χ2v) is 26.3. The molecule has 0 bridgehead atoms. The molecule has 82 heavy (non-hydrogen) atoms. The Hall–Kier alpha value is -5.44. The van der Waals surface area contributed by atoms with Crippen molar-refractivity contribution < 1.29 is 8.78 Å². The molecule has 442 valence electrons. The van der Waals surface area contributed by atoms with Gasteiger partial charge in [-0.3, -0.25) is 9.80 Å². The molecular weight excluding hydrogens is 1020 g/mol. The maximum Gasteiger partial charge on any atom is 0.135 e. The summed E-state index contributed by atoms with van der Waals surface area (Å²) in [6.45, 7) is 14.4. The van der Waals surface area contributed by atoms with Crippen molar-refractivity contribution in [2.24, 2.45) is 5.92 Å². The Labute approximate surface area is 490 Å². The van der Waals surface area contributed by atoms with Gasteiger partial charge in [-0.05, 0) is 199 Å². The number of halogens is 2. The van der Waals surface area contributed by atoms with Gasteiger partial charge in [0.15, 0.2) is 0 Å². The van der Waals surface area contributed by atoms with E-state index in [1.165, 1.54) is 55.2 Å². The van der Waals surface area contributed by atoms with Crippen LogP contribution in [-0.2, 0) is 38.5 Å². The van der Waals surface area contributed by atoms with Crippen LogP contribution in [0.15, 0.2) is 24.3 Å². The summed E-state index contributed by atoms with van der Waals surface area (Å²) in [4.78, 5) is 27.8. The molecule has 10 atom stereocenters. The van der Waals surface area contributed by atoms with E-state index in [9.17, 15) is 19.3 Å². The molecule has 0 amide bonds. The summed E-state index contributed by atoms with van der Waals surface area (Å²) in [5.74, 6) is 5.68. The first kappa shape index (κ1) is 59.7. The molecule has 4 saturated heterocycles. The van der Waals surface area contributed by atoms with Gasteiger partial charge in [-0.2, -0.15) is 10.5 Å². The molecule has 4 aliphatic heterocycles. The second kappa shape index (κ2) is 25.8. The fraction of sp³-hybridized carbons (Fsp3) is 0.676. The van der Waals surface area contributed by atoms with Crippen molar-refractivity contribution in [2.75, 3.05) is 62.0 Å². The second-order valence-electron chi connectivity index (χ2n) is 26.3. The van der Waals surface area contributed by atoms with Crippen LogP contribution < -0.4 is 21.7 Å². The van der Waals surface area contributed by atoms with Gasteiger partial charge in [0, 0.05) is 85.3 Å². The van der Waals surface area contributed by atoms with Gasteiger partial charge in [-0.15, -0.1) is 0 Å². The summed E-state index contributed by atoms with van der Waals surface area (Å²) in [5, 5.41) is 23.4. The van der Waals surface area contributed by atoms with Crippen molar-refractivity contribution in [1.82, 2.24) is 29.7 Å². The molecule has 0 spiro atoms. The number of nitrogens with two attached hydrogens (primary N) is 2. The summed E-state index contributed by atoms with van der Waals surface area (Å²) >= 11 is 0. The smallest absolute Gasteiger partial charge is 0.135 e. The topological polar surface area (TPSA) is 173 Å². The van der Waals surface area contributed by atoms with Gasteiger partial charge < -0.3 is 21.7 Å². The van der Waals surface area contributed by atoms with Crippen molar-refractivity contribution >= 4 is 23.0 Å². The van der Waals surface area contributed by atoms with E-state index in [0.29, 0.717) is 72.2 Å². The Morgan fingerprint density at radius 2 is 1.17 bits per heavy atom. The number of nitrogens with zero attached hydrogens (tertiary/aromatic N) is 9. The zero-order valence-corrected chi connectivity index (χ0v) is 50.9. The van der Waals surface area contributed by atoms with Crippen molar-refractivity contribution in [3.8, 4) is 12.1 Å². The summed E-state index contributed by atoms with van der Waals surface area (Å²) in [7, 11) is 4.14. The van der Waals surface area contributed by atoms with Crippen LogP contribution in [-0.4, -0.2) is 99.5 Å².